The molecule has 0 amide bonds. The minimum atomic E-state index is 0.0539. The van der Waals surface area contributed by atoms with Crippen molar-refractivity contribution < 1.29 is 4.79 Å². The van der Waals surface area contributed by atoms with Crippen LogP contribution in [-0.2, 0) is 0 Å². The summed E-state index contributed by atoms with van der Waals surface area (Å²) in [6, 6.07) is 0. The molecule has 0 aliphatic carbocycles. The summed E-state index contributed by atoms with van der Waals surface area (Å²) in [4.78, 5) is 16.1. The van der Waals surface area contributed by atoms with Gasteiger partial charge in [0.1, 0.15) is 0 Å². The molecular weight excluding hydrogens is 202 g/mol. The number of aromatic nitrogens is 3. The third-order valence-electron chi connectivity index (χ3n) is 2.76. The summed E-state index contributed by atoms with van der Waals surface area (Å²) in [6.07, 6.45) is 8.64. The lowest BCUT2D eigenvalue weighted by molar-refractivity contribution is 0.0925. The highest BCUT2D eigenvalue weighted by Crippen LogP contribution is 2.17. The van der Waals surface area contributed by atoms with Crippen LogP contribution in [0.4, 0.5) is 0 Å². The van der Waals surface area contributed by atoms with E-state index in [-0.39, 0.29) is 11.7 Å². The number of Topliss-reactive ketones (excluding diaryl/α,β-unsaturated/α-hetero) is 1. The second-order valence-corrected chi connectivity index (χ2v) is 4.02. The lowest BCUT2D eigenvalue weighted by Crippen LogP contribution is -2.10. The Morgan fingerprint density at radius 2 is 2.31 bits per heavy atom. The summed E-state index contributed by atoms with van der Waals surface area (Å²) in [6.45, 7) is 4.05. The average Bonchev–Trinajstić information content (AvgIpc) is 2.72. The van der Waals surface area contributed by atoms with Crippen LogP contribution in [0.2, 0.25) is 0 Å². The molecular formula is C12H15N3O. The molecule has 4 nitrogen and oxygen atoms in total. The molecule has 2 aromatic rings. The van der Waals surface area contributed by atoms with Crippen molar-refractivity contribution in [3.05, 3.63) is 30.4 Å². The fraction of sp³-hybridized carbons (Fsp3) is 0.417. The maximum atomic E-state index is 12.1. The van der Waals surface area contributed by atoms with Gasteiger partial charge in [0.15, 0.2) is 5.78 Å². The van der Waals surface area contributed by atoms with Crippen LogP contribution in [0.5, 0.6) is 0 Å². The molecule has 0 N–H and O–H groups in total. The Morgan fingerprint density at radius 1 is 1.50 bits per heavy atom. The van der Waals surface area contributed by atoms with Crippen molar-refractivity contribution in [2.24, 2.45) is 5.92 Å². The number of carbonyl (C=O) groups excluding carboxylic acids is 1. The average molecular weight is 217 g/mol. The fourth-order valence-electron chi connectivity index (χ4n) is 1.85. The zero-order chi connectivity index (χ0) is 11.5. The van der Waals surface area contributed by atoms with Crippen molar-refractivity contribution in [1.82, 2.24) is 14.6 Å². The first-order valence-electron chi connectivity index (χ1n) is 5.55. The fourth-order valence-corrected chi connectivity index (χ4v) is 1.85. The summed E-state index contributed by atoms with van der Waals surface area (Å²) in [5.41, 5.74) is 1.46. The van der Waals surface area contributed by atoms with Gasteiger partial charge in [-0.05, 0) is 6.42 Å². The van der Waals surface area contributed by atoms with Crippen molar-refractivity contribution in [3.8, 4) is 0 Å². The van der Waals surface area contributed by atoms with Crippen molar-refractivity contribution >= 4 is 11.3 Å². The van der Waals surface area contributed by atoms with Gasteiger partial charge >= 0.3 is 0 Å². The van der Waals surface area contributed by atoms with E-state index in [4.69, 9.17) is 0 Å². The predicted octanol–water partition coefficient (Wildman–Crippen LogP) is 2.35. The summed E-state index contributed by atoms with van der Waals surface area (Å²) in [7, 11) is 0. The molecule has 0 aliphatic rings. The second kappa shape index (κ2) is 4.43. The lowest BCUT2D eigenvalue weighted by atomic mass is 9.96. The minimum Gasteiger partial charge on any atom is -0.294 e. The van der Waals surface area contributed by atoms with Gasteiger partial charge in [-0.2, -0.15) is 5.10 Å². The van der Waals surface area contributed by atoms with Crippen LogP contribution < -0.4 is 0 Å². The Balaban J connectivity index is 2.36. The van der Waals surface area contributed by atoms with E-state index in [2.05, 4.69) is 17.0 Å². The molecule has 4 heteroatoms. The van der Waals surface area contributed by atoms with E-state index in [1.807, 2.05) is 6.92 Å². The Morgan fingerprint density at radius 3 is 3.06 bits per heavy atom. The normalized spacial score (nSPS) is 12.9. The monoisotopic (exact) mass is 217 g/mol. The Labute approximate surface area is 94.3 Å². The first-order valence-corrected chi connectivity index (χ1v) is 5.55. The highest BCUT2D eigenvalue weighted by molar-refractivity contribution is 6.03. The van der Waals surface area contributed by atoms with Crippen molar-refractivity contribution in [1.29, 1.82) is 0 Å². The van der Waals surface area contributed by atoms with Gasteiger partial charge in [-0.3, -0.25) is 9.78 Å². The van der Waals surface area contributed by atoms with Crippen molar-refractivity contribution in [2.75, 3.05) is 0 Å². The van der Waals surface area contributed by atoms with E-state index < -0.39 is 0 Å². The van der Waals surface area contributed by atoms with Crippen LogP contribution in [0.15, 0.2) is 24.8 Å². The van der Waals surface area contributed by atoms with Crippen LogP contribution in [-0.4, -0.2) is 20.4 Å². The van der Waals surface area contributed by atoms with Gasteiger partial charge in [-0.1, -0.05) is 20.3 Å². The van der Waals surface area contributed by atoms with E-state index in [0.29, 0.717) is 5.56 Å². The van der Waals surface area contributed by atoms with Gasteiger partial charge in [-0.25, -0.2) is 4.52 Å². The smallest absolute Gasteiger partial charge is 0.169 e. The molecule has 16 heavy (non-hydrogen) atoms. The molecule has 0 saturated heterocycles. The number of hydrogen-bond acceptors (Lipinski definition) is 3. The van der Waals surface area contributed by atoms with Crippen LogP contribution in [0.3, 0.4) is 0 Å². The number of ketones is 1. The quantitative estimate of drug-likeness (QED) is 0.738. The van der Waals surface area contributed by atoms with E-state index in [0.717, 1.165) is 18.4 Å². The van der Waals surface area contributed by atoms with E-state index in [1.54, 1.807) is 29.3 Å². The van der Waals surface area contributed by atoms with Gasteiger partial charge in [0.25, 0.3) is 0 Å². The summed E-state index contributed by atoms with van der Waals surface area (Å²) in [5.74, 6) is 0.211. The largest absolute Gasteiger partial charge is 0.294 e. The van der Waals surface area contributed by atoms with Crippen molar-refractivity contribution in [2.45, 2.75) is 26.7 Å². The lowest BCUT2D eigenvalue weighted by Gasteiger charge is -2.06. The number of hydrogen-bond donors (Lipinski definition) is 0. The topological polar surface area (TPSA) is 47.3 Å². The van der Waals surface area contributed by atoms with Crippen LogP contribution in [0, 0.1) is 5.92 Å². The van der Waals surface area contributed by atoms with Crippen molar-refractivity contribution in [3.63, 3.8) is 0 Å². The van der Waals surface area contributed by atoms with Gasteiger partial charge in [0.2, 0.25) is 0 Å². The maximum Gasteiger partial charge on any atom is 0.169 e. The molecule has 0 spiro atoms. The zero-order valence-electron chi connectivity index (χ0n) is 9.55. The molecule has 0 bridgehead atoms. The molecule has 0 radical (unpaired) electrons. The maximum absolute atomic E-state index is 12.1. The van der Waals surface area contributed by atoms with Crippen LogP contribution in [0.25, 0.3) is 5.52 Å². The van der Waals surface area contributed by atoms with Crippen LogP contribution >= 0.6 is 0 Å². The molecule has 1 atom stereocenters. The number of carbonyl (C=O) groups is 1. The summed E-state index contributed by atoms with van der Waals surface area (Å²) >= 11 is 0. The highest BCUT2D eigenvalue weighted by atomic mass is 16.1. The third kappa shape index (κ3) is 1.83. The highest BCUT2D eigenvalue weighted by Gasteiger charge is 2.18. The van der Waals surface area contributed by atoms with E-state index >= 15 is 0 Å². The predicted molar refractivity (Wildman–Crippen MR) is 61.4 cm³/mol. The molecule has 1 unspecified atom stereocenters. The number of rotatable bonds is 4. The summed E-state index contributed by atoms with van der Waals surface area (Å²) in [5, 5.41) is 4.14. The van der Waals surface area contributed by atoms with Gasteiger partial charge < -0.3 is 0 Å². The second-order valence-electron chi connectivity index (χ2n) is 4.02. The molecule has 2 aromatic heterocycles. The van der Waals surface area contributed by atoms with Gasteiger partial charge in [0, 0.05) is 18.3 Å². The van der Waals surface area contributed by atoms with Gasteiger partial charge in [-0.15, -0.1) is 0 Å². The Hall–Kier alpha value is -1.71. The van der Waals surface area contributed by atoms with Gasteiger partial charge in [0.05, 0.1) is 23.5 Å². The van der Waals surface area contributed by atoms with Crippen LogP contribution in [0.1, 0.15) is 37.0 Å². The zero-order valence-corrected chi connectivity index (χ0v) is 9.55. The molecule has 2 heterocycles. The first-order chi connectivity index (χ1) is 7.74. The Bertz CT molecular complexity index is 504. The molecule has 0 aliphatic heterocycles. The molecule has 0 saturated carbocycles. The summed E-state index contributed by atoms with van der Waals surface area (Å²) < 4.78 is 1.68. The first kappa shape index (κ1) is 10.8. The number of nitrogens with zero attached hydrogens (tertiary/aromatic N) is 3. The molecule has 0 fully saturated rings. The van der Waals surface area contributed by atoms with E-state index in [9.17, 15) is 4.79 Å². The Kier molecular flexibility index (Phi) is 2.99. The standard InChI is InChI=1S/C12H15N3O/c1-3-4-9(2)12(16)10-7-14-15-6-5-13-8-11(10)15/h5-9H,3-4H2,1-2H3. The minimum absolute atomic E-state index is 0.0539. The SMILES string of the molecule is CCCC(C)C(=O)c1cnn2ccncc12. The van der Waals surface area contributed by atoms with E-state index in [1.165, 1.54) is 0 Å². The molecule has 84 valence electrons. The molecule has 2 rings (SSSR count). The molecule has 0 aromatic carbocycles. The third-order valence-corrected chi connectivity index (χ3v) is 2.76. The number of fused-ring (bicyclic) bond motifs is 1.